The van der Waals surface area contributed by atoms with Crippen LogP contribution in [0.25, 0.3) is 0 Å². The Bertz CT molecular complexity index is 870. The lowest BCUT2D eigenvalue weighted by Gasteiger charge is -2.25. The lowest BCUT2D eigenvalue weighted by atomic mass is 10.0. The molecule has 1 atom stereocenters. The summed E-state index contributed by atoms with van der Waals surface area (Å²) in [5, 5.41) is 0. The molecule has 0 spiro atoms. The Morgan fingerprint density at radius 2 is 1.88 bits per heavy atom. The second-order valence-corrected chi connectivity index (χ2v) is 7.94. The number of nitrogens with zero attached hydrogens (tertiary/aromatic N) is 2. The van der Waals surface area contributed by atoms with Crippen LogP contribution in [0.4, 0.5) is 11.4 Å². The summed E-state index contributed by atoms with van der Waals surface area (Å²) in [5.74, 6) is 0.143. The summed E-state index contributed by atoms with van der Waals surface area (Å²) < 4.78 is 1.05. The van der Waals surface area contributed by atoms with Crippen LogP contribution in [0.5, 0.6) is 0 Å². The summed E-state index contributed by atoms with van der Waals surface area (Å²) in [4.78, 5) is 20.1. The monoisotopic (exact) mass is 396 g/mol. The van der Waals surface area contributed by atoms with Gasteiger partial charge in [0.1, 0.15) is 0 Å². The molecular weight excluding hydrogens is 376 g/mol. The number of carbonyl (C=O) groups is 1. The predicted molar refractivity (Wildman–Crippen MR) is 106 cm³/mol. The molecule has 25 heavy (non-hydrogen) atoms. The second kappa shape index (κ2) is 6.41. The van der Waals surface area contributed by atoms with Crippen LogP contribution >= 0.6 is 15.9 Å². The van der Waals surface area contributed by atoms with Gasteiger partial charge in [0.25, 0.3) is 0 Å². The summed E-state index contributed by atoms with van der Waals surface area (Å²) in [6.07, 6.45) is 2.91. The van der Waals surface area contributed by atoms with Crippen LogP contribution in [0, 0.1) is 19.8 Å². The average molecular weight is 397 g/mol. The number of rotatable bonds is 2. The number of halogens is 1. The summed E-state index contributed by atoms with van der Waals surface area (Å²) in [7, 11) is 0. The van der Waals surface area contributed by atoms with E-state index in [4.69, 9.17) is 4.99 Å². The van der Waals surface area contributed by atoms with Crippen molar-refractivity contribution in [1.29, 1.82) is 0 Å². The van der Waals surface area contributed by atoms with Crippen molar-refractivity contribution in [3.63, 3.8) is 0 Å². The van der Waals surface area contributed by atoms with Crippen LogP contribution in [-0.4, -0.2) is 11.6 Å². The van der Waals surface area contributed by atoms with Gasteiger partial charge in [-0.3, -0.25) is 9.79 Å². The minimum Gasteiger partial charge on any atom is -0.305 e. The zero-order valence-electron chi connectivity index (χ0n) is 14.6. The number of fused-ring (bicyclic) bond motifs is 2. The van der Waals surface area contributed by atoms with Crippen LogP contribution in [0.2, 0.25) is 0 Å². The smallest absolute Gasteiger partial charge is 0.236 e. The zero-order chi connectivity index (χ0) is 17.6. The van der Waals surface area contributed by atoms with Gasteiger partial charge in [-0.2, -0.15) is 0 Å². The summed E-state index contributed by atoms with van der Waals surface area (Å²) in [6.45, 7) is 4.78. The first-order chi connectivity index (χ1) is 12.0. The molecule has 4 rings (SSSR count). The first-order valence-electron chi connectivity index (χ1n) is 8.77. The average Bonchev–Trinajstić information content (AvgIpc) is 3.02. The molecule has 0 N–H and O–H groups in total. The van der Waals surface area contributed by atoms with E-state index < -0.39 is 0 Å². The van der Waals surface area contributed by atoms with Gasteiger partial charge < -0.3 is 4.90 Å². The van der Waals surface area contributed by atoms with Crippen LogP contribution in [0.1, 0.15) is 36.0 Å². The SMILES string of the molecule is Cc1cc2c(cc1C)N(Cc1ccc(Br)cc1)C(=O)[C@H]1CCCC1=N2. The first kappa shape index (κ1) is 16.5. The van der Waals surface area contributed by atoms with Gasteiger partial charge in [-0.1, -0.05) is 28.1 Å². The van der Waals surface area contributed by atoms with E-state index >= 15 is 0 Å². The molecule has 1 saturated carbocycles. The largest absolute Gasteiger partial charge is 0.305 e. The molecule has 2 aromatic carbocycles. The minimum atomic E-state index is -0.0524. The molecule has 4 heteroatoms. The fourth-order valence-corrected chi connectivity index (χ4v) is 3.98. The molecule has 1 fully saturated rings. The van der Waals surface area contributed by atoms with Crippen molar-refractivity contribution in [2.45, 2.75) is 39.7 Å². The van der Waals surface area contributed by atoms with Gasteiger partial charge in [0.2, 0.25) is 5.91 Å². The Morgan fingerprint density at radius 3 is 2.64 bits per heavy atom. The van der Waals surface area contributed by atoms with E-state index in [0.29, 0.717) is 6.54 Å². The van der Waals surface area contributed by atoms with E-state index in [2.05, 4.69) is 54.0 Å². The maximum absolute atomic E-state index is 13.3. The summed E-state index contributed by atoms with van der Waals surface area (Å²) in [6, 6.07) is 12.4. The molecule has 0 radical (unpaired) electrons. The van der Waals surface area contributed by atoms with E-state index in [9.17, 15) is 4.79 Å². The molecule has 0 unspecified atom stereocenters. The lowest BCUT2D eigenvalue weighted by Crippen LogP contribution is -2.36. The zero-order valence-corrected chi connectivity index (χ0v) is 16.1. The number of hydrogen-bond donors (Lipinski definition) is 0. The fourth-order valence-electron chi connectivity index (χ4n) is 3.72. The van der Waals surface area contributed by atoms with E-state index in [0.717, 1.165) is 46.4 Å². The van der Waals surface area contributed by atoms with Crippen molar-refractivity contribution in [2.75, 3.05) is 4.90 Å². The van der Waals surface area contributed by atoms with Crippen molar-refractivity contribution in [2.24, 2.45) is 10.9 Å². The summed E-state index contributed by atoms with van der Waals surface area (Å²) in [5.41, 5.74) is 6.48. The summed E-state index contributed by atoms with van der Waals surface area (Å²) >= 11 is 3.48. The topological polar surface area (TPSA) is 32.7 Å². The maximum Gasteiger partial charge on any atom is 0.236 e. The fraction of sp³-hybridized carbons (Fsp3) is 0.333. The van der Waals surface area contributed by atoms with E-state index in [1.807, 2.05) is 17.0 Å². The van der Waals surface area contributed by atoms with Crippen LogP contribution in [0.3, 0.4) is 0 Å². The molecule has 1 heterocycles. The van der Waals surface area contributed by atoms with Crippen molar-refractivity contribution in [3.8, 4) is 0 Å². The van der Waals surface area contributed by atoms with Gasteiger partial charge >= 0.3 is 0 Å². The first-order valence-corrected chi connectivity index (χ1v) is 9.57. The molecule has 1 aliphatic carbocycles. The number of aliphatic imine (C=N–C) groups is 1. The highest BCUT2D eigenvalue weighted by Crippen LogP contribution is 2.40. The number of carbonyl (C=O) groups excluding carboxylic acids is 1. The van der Waals surface area contributed by atoms with Gasteiger partial charge in [0.05, 0.1) is 23.8 Å². The Morgan fingerprint density at radius 1 is 1.16 bits per heavy atom. The molecule has 0 aromatic heterocycles. The third-order valence-electron chi connectivity index (χ3n) is 5.29. The highest BCUT2D eigenvalue weighted by molar-refractivity contribution is 9.10. The van der Waals surface area contributed by atoms with Crippen molar-refractivity contribution < 1.29 is 4.79 Å². The molecule has 1 amide bonds. The normalized spacial score (nSPS) is 19.3. The Balaban J connectivity index is 1.81. The highest BCUT2D eigenvalue weighted by Gasteiger charge is 2.36. The Kier molecular flexibility index (Phi) is 4.24. The van der Waals surface area contributed by atoms with Crippen LogP contribution in [-0.2, 0) is 11.3 Å². The van der Waals surface area contributed by atoms with E-state index in [-0.39, 0.29) is 11.8 Å². The minimum absolute atomic E-state index is 0.0524. The third-order valence-corrected chi connectivity index (χ3v) is 5.82. The lowest BCUT2D eigenvalue weighted by molar-refractivity contribution is -0.120. The molecule has 2 aliphatic rings. The van der Waals surface area contributed by atoms with Gasteiger partial charge in [-0.25, -0.2) is 0 Å². The molecule has 2 aromatic rings. The van der Waals surface area contributed by atoms with Gasteiger partial charge in [0.15, 0.2) is 0 Å². The molecular formula is C21H21BrN2O. The van der Waals surface area contributed by atoms with E-state index in [1.54, 1.807) is 0 Å². The van der Waals surface area contributed by atoms with Crippen LogP contribution in [0.15, 0.2) is 45.9 Å². The number of aryl methyl sites for hydroxylation is 2. The second-order valence-electron chi connectivity index (χ2n) is 7.02. The number of hydrogen-bond acceptors (Lipinski definition) is 2. The van der Waals surface area contributed by atoms with Gasteiger partial charge in [-0.05, 0) is 74.1 Å². The predicted octanol–water partition coefficient (Wildman–Crippen LogP) is 5.49. The number of benzene rings is 2. The van der Waals surface area contributed by atoms with Gasteiger partial charge in [-0.15, -0.1) is 0 Å². The number of amides is 1. The van der Waals surface area contributed by atoms with Gasteiger partial charge in [0, 0.05) is 10.2 Å². The van der Waals surface area contributed by atoms with Crippen LogP contribution < -0.4 is 4.90 Å². The Labute approximate surface area is 156 Å². The Hall–Kier alpha value is -1.94. The third kappa shape index (κ3) is 3.04. The standard InChI is InChI=1S/C21H21BrN2O/c1-13-10-19-20(11-14(13)2)24(12-15-6-8-16(22)9-7-15)21(25)17-4-3-5-18(17)23-19/h6-11,17H,3-5,12H2,1-2H3/t17-/m0/s1. The molecule has 0 saturated heterocycles. The quantitative estimate of drug-likeness (QED) is 0.660. The maximum atomic E-state index is 13.3. The molecule has 3 nitrogen and oxygen atoms in total. The molecule has 0 bridgehead atoms. The van der Waals surface area contributed by atoms with E-state index in [1.165, 1.54) is 11.1 Å². The molecule has 128 valence electrons. The van der Waals surface area contributed by atoms with Crippen molar-refractivity contribution >= 4 is 38.9 Å². The molecule has 1 aliphatic heterocycles. The highest BCUT2D eigenvalue weighted by atomic mass is 79.9. The van der Waals surface area contributed by atoms with Crippen molar-refractivity contribution in [3.05, 3.63) is 57.6 Å². The number of anilines is 1. The van der Waals surface area contributed by atoms with Crippen molar-refractivity contribution in [1.82, 2.24) is 0 Å².